The van der Waals surface area contributed by atoms with Crippen molar-refractivity contribution in [3.8, 4) is 5.75 Å². The van der Waals surface area contributed by atoms with Gasteiger partial charge in [0.2, 0.25) is 0 Å². The van der Waals surface area contributed by atoms with Gasteiger partial charge in [0, 0.05) is 12.6 Å². The Balaban J connectivity index is 2.04. The third-order valence-corrected chi connectivity index (χ3v) is 3.93. The van der Waals surface area contributed by atoms with Crippen molar-refractivity contribution >= 4 is 5.69 Å². The highest BCUT2D eigenvalue weighted by molar-refractivity contribution is 5.54. The van der Waals surface area contributed by atoms with Crippen molar-refractivity contribution < 1.29 is 4.74 Å². The van der Waals surface area contributed by atoms with Crippen molar-refractivity contribution in [1.82, 2.24) is 4.90 Å². The van der Waals surface area contributed by atoms with E-state index >= 15 is 0 Å². The Morgan fingerprint density at radius 3 is 2.61 bits per heavy atom. The first kappa shape index (κ1) is 13.2. The van der Waals surface area contributed by atoms with Crippen LogP contribution in [0.4, 0.5) is 5.69 Å². The topological polar surface area (TPSA) is 38.5 Å². The van der Waals surface area contributed by atoms with Crippen molar-refractivity contribution in [3.63, 3.8) is 0 Å². The summed E-state index contributed by atoms with van der Waals surface area (Å²) in [7, 11) is 1.66. The van der Waals surface area contributed by atoms with Crippen LogP contribution in [-0.4, -0.2) is 24.6 Å². The summed E-state index contributed by atoms with van der Waals surface area (Å²) >= 11 is 0. The summed E-state index contributed by atoms with van der Waals surface area (Å²) in [4.78, 5) is 2.56. The Hall–Kier alpha value is -1.22. The zero-order chi connectivity index (χ0) is 13.0. The largest absolute Gasteiger partial charge is 0.495 e. The van der Waals surface area contributed by atoms with Gasteiger partial charge in [-0.3, -0.25) is 4.90 Å². The normalized spacial score (nSPS) is 16.4. The van der Waals surface area contributed by atoms with Crippen LogP contribution in [0, 0.1) is 0 Å². The zero-order valence-electron chi connectivity index (χ0n) is 11.5. The van der Waals surface area contributed by atoms with Crippen molar-refractivity contribution in [3.05, 3.63) is 23.8 Å². The lowest BCUT2D eigenvalue weighted by atomic mass is 10.1. The smallest absolute Gasteiger partial charge is 0.141 e. The molecule has 0 aliphatic heterocycles. The second kappa shape index (κ2) is 6.10. The first-order valence-electron chi connectivity index (χ1n) is 6.91. The van der Waals surface area contributed by atoms with Crippen LogP contribution >= 0.6 is 0 Å². The van der Waals surface area contributed by atoms with Gasteiger partial charge in [-0.25, -0.2) is 0 Å². The molecule has 1 aliphatic rings. The summed E-state index contributed by atoms with van der Waals surface area (Å²) in [6.07, 6.45) is 5.46. The van der Waals surface area contributed by atoms with Crippen molar-refractivity contribution in [2.24, 2.45) is 0 Å². The van der Waals surface area contributed by atoms with Crippen LogP contribution in [-0.2, 0) is 6.54 Å². The van der Waals surface area contributed by atoms with Crippen LogP contribution in [0.1, 0.15) is 38.2 Å². The Kier molecular flexibility index (Phi) is 4.48. The minimum absolute atomic E-state index is 0.734. The van der Waals surface area contributed by atoms with E-state index in [-0.39, 0.29) is 0 Å². The standard InChI is InChI=1S/C15H24N2O/c1-3-17(13-6-4-5-7-13)11-12-8-9-15(18-2)14(16)10-12/h8-10,13H,3-7,11,16H2,1-2H3. The summed E-state index contributed by atoms with van der Waals surface area (Å²) in [6.45, 7) is 4.34. The predicted molar refractivity (Wildman–Crippen MR) is 75.7 cm³/mol. The van der Waals surface area contributed by atoms with E-state index in [2.05, 4.69) is 17.9 Å². The van der Waals surface area contributed by atoms with Gasteiger partial charge in [0.25, 0.3) is 0 Å². The molecule has 1 aromatic carbocycles. The predicted octanol–water partition coefficient (Wildman–Crippen LogP) is 3.04. The monoisotopic (exact) mass is 248 g/mol. The van der Waals surface area contributed by atoms with E-state index in [0.29, 0.717) is 0 Å². The molecule has 0 radical (unpaired) electrons. The summed E-state index contributed by atoms with van der Waals surface area (Å²) in [5.41, 5.74) is 7.97. The number of nitrogen functional groups attached to an aromatic ring is 1. The van der Waals surface area contributed by atoms with E-state index in [9.17, 15) is 0 Å². The van der Waals surface area contributed by atoms with E-state index < -0.39 is 0 Å². The third kappa shape index (κ3) is 2.96. The molecule has 0 saturated heterocycles. The Morgan fingerprint density at radius 1 is 1.33 bits per heavy atom. The van der Waals surface area contributed by atoms with Gasteiger partial charge in [0.15, 0.2) is 0 Å². The average Bonchev–Trinajstić information content (AvgIpc) is 2.90. The molecule has 0 spiro atoms. The summed E-state index contributed by atoms with van der Waals surface area (Å²) in [5.74, 6) is 0.766. The van der Waals surface area contributed by atoms with Crippen LogP contribution in [0.15, 0.2) is 18.2 Å². The molecule has 0 bridgehead atoms. The average molecular weight is 248 g/mol. The fourth-order valence-corrected chi connectivity index (χ4v) is 2.89. The molecule has 1 fully saturated rings. The maximum absolute atomic E-state index is 5.96. The van der Waals surface area contributed by atoms with Crippen molar-refractivity contribution in [1.29, 1.82) is 0 Å². The van der Waals surface area contributed by atoms with Crippen molar-refractivity contribution in [2.45, 2.75) is 45.2 Å². The van der Waals surface area contributed by atoms with Gasteiger partial charge in [0.1, 0.15) is 5.75 Å². The zero-order valence-corrected chi connectivity index (χ0v) is 11.5. The Bertz CT molecular complexity index is 386. The molecule has 2 N–H and O–H groups in total. The Morgan fingerprint density at radius 2 is 2.06 bits per heavy atom. The minimum Gasteiger partial charge on any atom is -0.495 e. The molecule has 0 atom stereocenters. The maximum atomic E-state index is 5.96. The molecule has 18 heavy (non-hydrogen) atoms. The lowest BCUT2D eigenvalue weighted by Crippen LogP contribution is -2.32. The quantitative estimate of drug-likeness (QED) is 0.814. The van der Waals surface area contributed by atoms with Gasteiger partial charge in [-0.1, -0.05) is 25.8 Å². The lowest BCUT2D eigenvalue weighted by Gasteiger charge is -2.27. The first-order chi connectivity index (χ1) is 8.74. The van der Waals surface area contributed by atoms with Crippen LogP contribution in [0.3, 0.4) is 0 Å². The minimum atomic E-state index is 0.734. The highest BCUT2D eigenvalue weighted by Gasteiger charge is 2.21. The molecule has 1 aromatic rings. The van der Waals surface area contributed by atoms with E-state index in [0.717, 1.165) is 30.6 Å². The number of anilines is 1. The highest BCUT2D eigenvalue weighted by atomic mass is 16.5. The van der Waals surface area contributed by atoms with Gasteiger partial charge in [0.05, 0.1) is 12.8 Å². The van der Waals surface area contributed by atoms with Crippen molar-refractivity contribution in [2.75, 3.05) is 19.4 Å². The van der Waals surface area contributed by atoms with Crippen LogP contribution < -0.4 is 10.5 Å². The third-order valence-electron chi connectivity index (χ3n) is 3.93. The van der Waals surface area contributed by atoms with Gasteiger partial charge in [-0.05, 0) is 37.1 Å². The van der Waals surface area contributed by atoms with Crippen LogP contribution in [0.2, 0.25) is 0 Å². The first-order valence-corrected chi connectivity index (χ1v) is 6.91. The molecule has 0 heterocycles. The van der Waals surface area contributed by atoms with Gasteiger partial charge in [-0.2, -0.15) is 0 Å². The molecule has 0 unspecified atom stereocenters. The summed E-state index contributed by atoms with van der Waals surface area (Å²) in [5, 5.41) is 0. The van der Waals surface area contributed by atoms with Crippen LogP contribution in [0.25, 0.3) is 0 Å². The van der Waals surface area contributed by atoms with E-state index in [4.69, 9.17) is 10.5 Å². The summed E-state index contributed by atoms with van der Waals surface area (Å²) < 4.78 is 5.19. The molecule has 3 heteroatoms. The summed E-state index contributed by atoms with van der Waals surface area (Å²) in [6, 6.07) is 6.88. The molecule has 1 aliphatic carbocycles. The highest BCUT2D eigenvalue weighted by Crippen LogP contribution is 2.27. The van der Waals surface area contributed by atoms with E-state index in [1.54, 1.807) is 7.11 Å². The van der Waals surface area contributed by atoms with E-state index in [1.807, 2.05) is 12.1 Å². The number of rotatable bonds is 5. The molecular formula is C15H24N2O. The fraction of sp³-hybridized carbons (Fsp3) is 0.600. The molecule has 100 valence electrons. The maximum Gasteiger partial charge on any atom is 0.141 e. The van der Waals surface area contributed by atoms with E-state index in [1.165, 1.54) is 31.2 Å². The second-order valence-electron chi connectivity index (χ2n) is 5.08. The number of benzene rings is 1. The molecule has 1 saturated carbocycles. The fourth-order valence-electron chi connectivity index (χ4n) is 2.89. The number of methoxy groups -OCH3 is 1. The molecule has 3 nitrogen and oxygen atoms in total. The molecule has 0 aromatic heterocycles. The SMILES string of the molecule is CCN(Cc1ccc(OC)c(N)c1)C1CCCC1. The number of ether oxygens (including phenoxy) is 1. The van der Waals surface area contributed by atoms with Gasteiger partial charge in [-0.15, -0.1) is 0 Å². The van der Waals surface area contributed by atoms with Gasteiger partial charge >= 0.3 is 0 Å². The second-order valence-corrected chi connectivity index (χ2v) is 5.08. The molecule has 2 rings (SSSR count). The molecular weight excluding hydrogens is 224 g/mol. The lowest BCUT2D eigenvalue weighted by molar-refractivity contribution is 0.200. The van der Waals surface area contributed by atoms with Gasteiger partial charge < -0.3 is 10.5 Å². The molecule has 0 amide bonds. The number of hydrogen-bond donors (Lipinski definition) is 1. The number of hydrogen-bond acceptors (Lipinski definition) is 3. The number of nitrogens with zero attached hydrogens (tertiary/aromatic N) is 1. The number of nitrogens with two attached hydrogens (primary N) is 1. The van der Waals surface area contributed by atoms with Crippen LogP contribution in [0.5, 0.6) is 5.75 Å². The Labute approximate surface area is 110 Å².